The maximum Gasteiger partial charge on any atom is 0.251 e. The van der Waals surface area contributed by atoms with Gasteiger partial charge in [0.05, 0.1) is 29.8 Å². The Bertz CT molecular complexity index is 896. The number of anilines is 1. The van der Waals surface area contributed by atoms with E-state index in [1.165, 1.54) is 6.07 Å². The lowest BCUT2D eigenvalue weighted by Gasteiger charge is -2.11. The molecule has 0 radical (unpaired) electrons. The number of nitrogens with one attached hydrogen (secondary N) is 2. The highest BCUT2D eigenvalue weighted by Gasteiger charge is 2.11. The molecule has 0 bridgehead atoms. The molecule has 0 atom stereocenters. The molecule has 156 valence electrons. The Morgan fingerprint density at radius 1 is 1.07 bits per heavy atom. The molecule has 2 aromatic rings. The van der Waals surface area contributed by atoms with Crippen LogP contribution in [-0.4, -0.2) is 38.2 Å². The quantitative estimate of drug-likeness (QED) is 0.227. The van der Waals surface area contributed by atoms with Crippen LogP contribution in [0.1, 0.15) is 16.8 Å². The minimum atomic E-state index is -0.261. The summed E-state index contributed by atoms with van der Waals surface area (Å²) in [7, 11) is 0. The van der Waals surface area contributed by atoms with E-state index < -0.39 is 0 Å². The first-order chi connectivity index (χ1) is 13.5. The van der Waals surface area contributed by atoms with Crippen LogP contribution in [0.4, 0.5) is 5.69 Å². The van der Waals surface area contributed by atoms with Crippen molar-refractivity contribution in [2.24, 2.45) is 10.7 Å². The maximum absolute atomic E-state index is 12.1. The maximum atomic E-state index is 12.1. The van der Waals surface area contributed by atoms with Crippen molar-refractivity contribution in [1.29, 1.82) is 0 Å². The highest BCUT2D eigenvalue weighted by atomic mass is 127. The van der Waals surface area contributed by atoms with Crippen molar-refractivity contribution < 1.29 is 14.3 Å². The Balaban J connectivity index is 0.00000300. The Labute approximate surface area is 196 Å². The smallest absolute Gasteiger partial charge is 0.251 e. The molecule has 1 amide bonds. The van der Waals surface area contributed by atoms with Crippen LogP contribution in [0.25, 0.3) is 0 Å². The molecule has 0 aliphatic carbocycles. The van der Waals surface area contributed by atoms with Gasteiger partial charge in [0, 0.05) is 30.3 Å². The lowest BCUT2D eigenvalue weighted by atomic mass is 10.2. The zero-order chi connectivity index (χ0) is 19.9. The van der Waals surface area contributed by atoms with Gasteiger partial charge in [-0.1, -0.05) is 23.2 Å². The highest BCUT2D eigenvalue weighted by Crippen LogP contribution is 2.32. The third-order valence-electron chi connectivity index (χ3n) is 3.88. The molecule has 3 rings (SSSR count). The molecule has 4 N–H and O–H groups in total. The number of ether oxygens (including phenoxy) is 2. The minimum Gasteiger partial charge on any atom is -0.490 e. The van der Waals surface area contributed by atoms with E-state index in [0.29, 0.717) is 53.4 Å². The molecule has 10 heteroatoms. The van der Waals surface area contributed by atoms with E-state index in [2.05, 4.69) is 15.6 Å². The van der Waals surface area contributed by atoms with E-state index in [1.807, 2.05) is 18.2 Å². The van der Waals surface area contributed by atoms with Gasteiger partial charge in [0.25, 0.3) is 5.91 Å². The van der Waals surface area contributed by atoms with Gasteiger partial charge in [-0.25, -0.2) is 0 Å². The summed E-state index contributed by atoms with van der Waals surface area (Å²) in [6.07, 6.45) is 0.842. The molecule has 2 aromatic carbocycles. The summed E-state index contributed by atoms with van der Waals surface area (Å²) in [5, 5.41) is 6.47. The van der Waals surface area contributed by atoms with Gasteiger partial charge in [0.1, 0.15) is 0 Å². The topological polar surface area (TPSA) is 98.0 Å². The number of nitrogens with two attached hydrogens (primary N) is 1. The third kappa shape index (κ3) is 6.83. The zero-order valence-electron chi connectivity index (χ0n) is 15.4. The number of carbonyl (C=O) groups is 1. The second-order valence-electron chi connectivity index (χ2n) is 5.99. The van der Waals surface area contributed by atoms with Crippen molar-refractivity contribution in [2.75, 3.05) is 31.6 Å². The molecule has 1 aliphatic heterocycles. The van der Waals surface area contributed by atoms with E-state index in [0.717, 1.165) is 12.1 Å². The summed E-state index contributed by atoms with van der Waals surface area (Å²) < 4.78 is 11.2. The summed E-state index contributed by atoms with van der Waals surface area (Å²) in [4.78, 5) is 16.3. The van der Waals surface area contributed by atoms with Gasteiger partial charge in [-0.05, 0) is 30.3 Å². The first kappa shape index (κ1) is 23.4. The third-order valence-corrected chi connectivity index (χ3v) is 4.62. The zero-order valence-corrected chi connectivity index (χ0v) is 19.3. The summed E-state index contributed by atoms with van der Waals surface area (Å²) >= 11 is 11.8. The molecule has 0 unspecified atom stereocenters. The van der Waals surface area contributed by atoms with Crippen LogP contribution < -0.4 is 25.8 Å². The number of aliphatic imine (C=N–C) groups is 1. The van der Waals surface area contributed by atoms with Gasteiger partial charge < -0.3 is 25.8 Å². The number of rotatable bonds is 5. The largest absolute Gasteiger partial charge is 0.490 e. The van der Waals surface area contributed by atoms with E-state index in [4.69, 9.17) is 38.4 Å². The fourth-order valence-electron chi connectivity index (χ4n) is 2.51. The number of nitrogens with zero attached hydrogens (tertiary/aromatic N) is 1. The monoisotopic (exact) mass is 550 g/mol. The number of benzene rings is 2. The molecule has 0 aromatic heterocycles. The van der Waals surface area contributed by atoms with E-state index in [9.17, 15) is 4.79 Å². The first-order valence-corrected chi connectivity index (χ1v) is 9.48. The Morgan fingerprint density at radius 3 is 2.59 bits per heavy atom. The molecule has 1 aliphatic rings. The second kappa shape index (κ2) is 11.3. The van der Waals surface area contributed by atoms with Crippen molar-refractivity contribution >= 4 is 64.7 Å². The van der Waals surface area contributed by atoms with Crippen molar-refractivity contribution in [3.63, 3.8) is 0 Å². The van der Waals surface area contributed by atoms with Crippen molar-refractivity contribution in [1.82, 2.24) is 5.32 Å². The summed E-state index contributed by atoms with van der Waals surface area (Å²) in [5.41, 5.74) is 7.07. The van der Waals surface area contributed by atoms with Gasteiger partial charge in [0.15, 0.2) is 17.5 Å². The number of halogens is 3. The van der Waals surface area contributed by atoms with Crippen LogP contribution in [0.2, 0.25) is 10.0 Å². The van der Waals surface area contributed by atoms with Gasteiger partial charge in [0.2, 0.25) is 0 Å². The summed E-state index contributed by atoms with van der Waals surface area (Å²) in [6.45, 7) is 1.88. The molecule has 29 heavy (non-hydrogen) atoms. The van der Waals surface area contributed by atoms with Crippen LogP contribution in [0.3, 0.4) is 0 Å². The number of carbonyl (C=O) groups excluding carboxylic acids is 1. The van der Waals surface area contributed by atoms with E-state index in [-0.39, 0.29) is 35.8 Å². The Morgan fingerprint density at radius 2 is 1.83 bits per heavy atom. The van der Waals surface area contributed by atoms with Gasteiger partial charge in [-0.15, -0.1) is 24.0 Å². The lowest BCUT2D eigenvalue weighted by Crippen LogP contribution is -2.28. The van der Waals surface area contributed by atoms with Crippen LogP contribution in [0.15, 0.2) is 41.4 Å². The van der Waals surface area contributed by atoms with Crippen LogP contribution in [0.5, 0.6) is 11.5 Å². The second-order valence-corrected chi connectivity index (χ2v) is 6.80. The number of hydrogen-bond acceptors (Lipinski definition) is 4. The van der Waals surface area contributed by atoms with E-state index in [1.54, 1.807) is 12.1 Å². The number of fused-ring (bicyclic) bond motifs is 1. The number of hydrogen-bond donors (Lipinski definition) is 3. The average Bonchev–Trinajstić information content (AvgIpc) is 2.92. The minimum absolute atomic E-state index is 0. The molecule has 0 spiro atoms. The number of amides is 1. The van der Waals surface area contributed by atoms with Crippen molar-refractivity contribution in [2.45, 2.75) is 6.42 Å². The predicted octanol–water partition coefficient (Wildman–Crippen LogP) is 3.93. The molecule has 0 fully saturated rings. The van der Waals surface area contributed by atoms with E-state index >= 15 is 0 Å². The van der Waals surface area contributed by atoms with Crippen LogP contribution >= 0.6 is 47.2 Å². The molecular formula is C19H21Cl2IN4O3. The normalized spacial score (nSPS) is 13.1. The fraction of sp³-hybridized carbons (Fsp3) is 0.263. The molecule has 0 saturated carbocycles. The number of guanidine groups is 1. The molecule has 7 nitrogen and oxygen atoms in total. The van der Waals surface area contributed by atoms with Gasteiger partial charge >= 0.3 is 0 Å². The highest BCUT2D eigenvalue weighted by molar-refractivity contribution is 14.0. The Kier molecular flexibility index (Phi) is 9.12. The average molecular weight is 551 g/mol. The summed E-state index contributed by atoms with van der Waals surface area (Å²) in [6, 6.07) is 10.2. The van der Waals surface area contributed by atoms with Crippen molar-refractivity contribution in [3.05, 3.63) is 52.0 Å². The summed E-state index contributed by atoms with van der Waals surface area (Å²) in [5.74, 6) is 1.36. The van der Waals surface area contributed by atoms with Crippen LogP contribution in [-0.2, 0) is 0 Å². The molecule has 0 saturated heterocycles. The standard InChI is InChI=1S/C19H20Cl2N4O3.HI/c20-14-4-2-12(10-15(14)21)18(26)23-6-7-24-19(22)25-13-3-5-16-17(11-13)28-9-1-8-27-16;/h2-5,10-11H,1,6-9H2,(H,23,26)(H3,22,24,25);1H. The fourth-order valence-corrected chi connectivity index (χ4v) is 2.81. The van der Waals surface area contributed by atoms with Gasteiger partial charge in [-0.3, -0.25) is 9.79 Å². The van der Waals surface area contributed by atoms with Crippen LogP contribution in [0, 0.1) is 0 Å². The molecular weight excluding hydrogens is 530 g/mol. The van der Waals surface area contributed by atoms with Crippen molar-refractivity contribution in [3.8, 4) is 11.5 Å². The van der Waals surface area contributed by atoms with Gasteiger partial charge in [-0.2, -0.15) is 0 Å². The first-order valence-electron chi connectivity index (χ1n) is 8.73. The Hall–Kier alpha value is -1.91. The lowest BCUT2D eigenvalue weighted by molar-refractivity contribution is 0.0955. The molecule has 1 heterocycles. The SMILES string of the molecule is I.NC(=NCCNC(=O)c1ccc(Cl)c(Cl)c1)Nc1ccc2c(c1)OCCCO2. The predicted molar refractivity (Wildman–Crippen MR) is 126 cm³/mol.